The Morgan fingerprint density at radius 3 is 2.69 bits per heavy atom. The van der Waals surface area contributed by atoms with Crippen LogP contribution in [-0.2, 0) is 6.42 Å². The van der Waals surface area contributed by atoms with E-state index in [1.54, 1.807) is 0 Å². The van der Waals surface area contributed by atoms with Crippen molar-refractivity contribution in [1.29, 1.82) is 0 Å². The molecule has 16 heavy (non-hydrogen) atoms. The summed E-state index contributed by atoms with van der Waals surface area (Å²) in [7, 11) is 0. The number of nitrogens with zero attached hydrogens (tertiary/aromatic N) is 1. The topological polar surface area (TPSA) is 54.7 Å². The first kappa shape index (κ1) is 10.9. The summed E-state index contributed by atoms with van der Waals surface area (Å²) < 4.78 is 0. The molecule has 0 aliphatic rings. The normalized spacial score (nSPS) is 10.6. The lowest BCUT2D eigenvalue weighted by atomic mass is 10.0. The number of aromatic amines is 1. The molecule has 2 aromatic rings. The molecule has 0 aliphatic carbocycles. The summed E-state index contributed by atoms with van der Waals surface area (Å²) in [5.74, 6) is 0. The van der Waals surface area contributed by atoms with Crippen LogP contribution in [-0.4, -0.2) is 16.7 Å². The number of rotatable bonds is 4. The van der Waals surface area contributed by atoms with E-state index < -0.39 is 0 Å². The van der Waals surface area contributed by atoms with Crippen LogP contribution in [0.2, 0.25) is 0 Å². The third-order valence-corrected chi connectivity index (χ3v) is 2.71. The van der Waals surface area contributed by atoms with Gasteiger partial charge in [-0.1, -0.05) is 29.8 Å². The first-order valence-electron chi connectivity index (χ1n) is 5.60. The summed E-state index contributed by atoms with van der Waals surface area (Å²) in [5.41, 5.74) is 10.3. The average molecular weight is 215 g/mol. The van der Waals surface area contributed by atoms with E-state index in [4.69, 9.17) is 5.73 Å². The van der Waals surface area contributed by atoms with Crippen molar-refractivity contribution in [3.63, 3.8) is 0 Å². The quantitative estimate of drug-likeness (QED) is 0.822. The van der Waals surface area contributed by atoms with Gasteiger partial charge in [-0.3, -0.25) is 5.10 Å². The molecule has 2 rings (SSSR count). The Morgan fingerprint density at radius 1 is 1.25 bits per heavy atom. The second-order valence-corrected chi connectivity index (χ2v) is 4.03. The van der Waals surface area contributed by atoms with E-state index >= 15 is 0 Å². The van der Waals surface area contributed by atoms with Crippen LogP contribution in [0.1, 0.15) is 17.5 Å². The summed E-state index contributed by atoms with van der Waals surface area (Å²) in [6, 6.07) is 8.47. The Hall–Kier alpha value is -1.61. The number of nitrogens with one attached hydrogen (secondary N) is 1. The molecule has 0 fully saturated rings. The van der Waals surface area contributed by atoms with Crippen LogP contribution in [0.4, 0.5) is 0 Å². The maximum atomic E-state index is 5.52. The lowest BCUT2D eigenvalue weighted by Gasteiger charge is -2.03. The van der Waals surface area contributed by atoms with Crippen molar-refractivity contribution in [2.45, 2.75) is 19.8 Å². The van der Waals surface area contributed by atoms with Crippen molar-refractivity contribution in [1.82, 2.24) is 10.2 Å². The Labute approximate surface area is 95.7 Å². The number of hydrogen-bond acceptors (Lipinski definition) is 2. The smallest absolute Gasteiger partial charge is 0.0682 e. The first-order chi connectivity index (χ1) is 7.81. The second kappa shape index (κ2) is 4.94. The monoisotopic (exact) mass is 215 g/mol. The van der Waals surface area contributed by atoms with Crippen molar-refractivity contribution in [3.8, 4) is 11.3 Å². The lowest BCUT2D eigenvalue weighted by molar-refractivity contribution is 0.834. The summed E-state index contributed by atoms with van der Waals surface area (Å²) in [6.45, 7) is 2.81. The highest BCUT2D eigenvalue weighted by Gasteiger charge is 2.06. The van der Waals surface area contributed by atoms with E-state index in [-0.39, 0.29) is 0 Å². The highest BCUT2D eigenvalue weighted by atomic mass is 15.1. The third kappa shape index (κ3) is 2.31. The number of nitrogens with two attached hydrogens (primary N) is 1. The van der Waals surface area contributed by atoms with Crippen molar-refractivity contribution < 1.29 is 0 Å². The summed E-state index contributed by atoms with van der Waals surface area (Å²) >= 11 is 0. The summed E-state index contributed by atoms with van der Waals surface area (Å²) in [6.07, 6.45) is 3.87. The van der Waals surface area contributed by atoms with E-state index in [2.05, 4.69) is 41.4 Å². The molecule has 0 radical (unpaired) electrons. The zero-order valence-electron chi connectivity index (χ0n) is 9.53. The molecule has 0 bridgehead atoms. The van der Waals surface area contributed by atoms with Gasteiger partial charge in [0.2, 0.25) is 0 Å². The van der Waals surface area contributed by atoms with Crippen molar-refractivity contribution in [3.05, 3.63) is 41.6 Å². The number of aryl methyl sites for hydroxylation is 2. The molecule has 0 spiro atoms. The van der Waals surface area contributed by atoms with Gasteiger partial charge in [0.1, 0.15) is 0 Å². The fraction of sp³-hybridized carbons (Fsp3) is 0.308. The molecule has 3 heteroatoms. The van der Waals surface area contributed by atoms with E-state index in [9.17, 15) is 0 Å². The van der Waals surface area contributed by atoms with Crippen LogP contribution in [0, 0.1) is 6.92 Å². The number of H-pyrrole nitrogens is 1. The highest BCUT2D eigenvalue weighted by molar-refractivity contribution is 5.62. The first-order valence-corrected chi connectivity index (χ1v) is 5.60. The van der Waals surface area contributed by atoms with Crippen LogP contribution in [0.5, 0.6) is 0 Å². The zero-order chi connectivity index (χ0) is 11.4. The molecule has 84 valence electrons. The van der Waals surface area contributed by atoms with Gasteiger partial charge in [0.05, 0.1) is 11.9 Å². The zero-order valence-corrected chi connectivity index (χ0v) is 9.53. The average Bonchev–Trinajstić information content (AvgIpc) is 2.75. The van der Waals surface area contributed by atoms with Crippen LogP contribution in [0.15, 0.2) is 30.5 Å². The number of aromatic nitrogens is 2. The lowest BCUT2D eigenvalue weighted by Crippen LogP contribution is -2.00. The van der Waals surface area contributed by atoms with Crippen LogP contribution in [0.3, 0.4) is 0 Å². The van der Waals surface area contributed by atoms with Gasteiger partial charge in [0.15, 0.2) is 0 Å². The van der Waals surface area contributed by atoms with Gasteiger partial charge in [0, 0.05) is 0 Å². The highest BCUT2D eigenvalue weighted by Crippen LogP contribution is 2.22. The van der Waals surface area contributed by atoms with Gasteiger partial charge in [-0.05, 0) is 37.4 Å². The molecule has 1 aromatic carbocycles. The van der Waals surface area contributed by atoms with E-state index in [0.29, 0.717) is 0 Å². The van der Waals surface area contributed by atoms with Gasteiger partial charge in [-0.25, -0.2) is 0 Å². The van der Waals surface area contributed by atoms with Crippen molar-refractivity contribution in [2.75, 3.05) is 6.54 Å². The van der Waals surface area contributed by atoms with Crippen molar-refractivity contribution in [2.24, 2.45) is 5.73 Å². The minimum absolute atomic E-state index is 0.721. The minimum atomic E-state index is 0.721. The van der Waals surface area contributed by atoms with Gasteiger partial charge in [-0.15, -0.1) is 0 Å². The standard InChI is InChI=1S/C13H17N3/c1-10-4-6-11(7-5-10)13-12(3-2-8-14)9-15-16-13/h4-7,9H,2-3,8,14H2,1H3,(H,15,16). The number of benzene rings is 1. The Bertz CT molecular complexity index is 442. The Balaban J connectivity index is 2.26. The largest absolute Gasteiger partial charge is 0.330 e. The Morgan fingerprint density at radius 2 is 2.00 bits per heavy atom. The maximum absolute atomic E-state index is 5.52. The molecule has 0 saturated heterocycles. The minimum Gasteiger partial charge on any atom is -0.330 e. The molecule has 0 unspecified atom stereocenters. The molecule has 1 aromatic heterocycles. The number of hydrogen-bond donors (Lipinski definition) is 2. The molecule has 0 aliphatic heterocycles. The van der Waals surface area contributed by atoms with Gasteiger partial charge < -0.3 is 5.73 Å². The van der Waals surface area contributed by atoms with Crippen molar-refractivity contribution >= 4 is 0 Å². The fourth-order valence-electron chi connectivity index (χ4n) is 1.76. The predicted molar refractivity (Wildman–Crippen MR) is 66.1 cm³/mol. The van der Waals surface area contributed by atoms with Gasteiger partial charge >= 0.3 is 0 Å². The maximum Gasteiger partial charge on any atom is 0.0682 e. The predicted octanol–water partition coefficient (Wildman–Crippen LogP) is 2.28. The Kier molecular flexibility index (Phi) is 3.37. The summed E-state index contributed by atoms with van der Waals surface area (Å²) in [4.78, 5) is 0. The molecule has 3 nitrogen and oxygen atoms in total. The van der Waals surface area contributed by atoms with Gasteiger partial charge in [-0.2, -0.15) is 5.10 Å². The molecule has 0 atom stereocenters. The molecule has 3 N–H and O–H groups in total. The molecule has 0 saturated carbocycles. The SMILES string of the molecule is Cc1ccc(-c2[nH]ncc2CCCN)cc1. The van der Waals surface area contributed by atoms with Crippen LogP contribution >= 0.6 is 0 Å². The van der Waals surface area contributed by atoms with E-state index in [1.807, 2.05) is 6.20 Å². The van der Waals surface area contributed by atoms with Gasteiger partial charge in [0.25, 0.3) is 0 Å². The fourth-order valence-corrected chi connectivity index (χ4v) is 1.76. The molecular weight excluding hydrogens is 198 g/mol. The molecular formula is C13H17N3. The van der Waals surface area contributed by atoms with E-state index in [0.717, 1.165) is 25.1 Å². The second-order valence-electron chi connectivity index (χ2n) is 4.03. The molecule has 1 heterocycles. The molecule has 0 amide bonds. The van der Waals surface area contributed by atoms with Crippen LogP contribution < -0.4 is 5.73 Å². The van der Waals surface area contributed by atoms with Crippen LogP contribution in [0.25, 0.3) is 11.3 Å². The third-order valence-electron chi connectivity index (χ3n) is 2.71. The van der Waals surface area contributed by atoms with E-state index in [1.165, 1.54) is 16.7 Å². The summed E-state index contributed by atoms with van der Waals surface area (Å²) in [5, 5.41) is 7.17.